The van der Waals surface area contributed by atoms with Crippen LogP contribution in [0.4, 0.5) is 5.69 Å². The average Bonchev–Trinajstić information content (AvgIpc) is 3.14. The molecule has 8 heteroatoms. The lowest BCUT2D eigenvalue weighted by Gasteiger charge is -2.20. The number of aromatic nitrogens is 1. The van der Waals surface area contributed by atoms with Crippen LogP contribution in [0.2, 0.25) is 10.0 Å². The molecule has 2 N–H and O–H groups in total. The molecule has 3 rings (SSSR count). The van der Waals surface area contributed by atoms with Crippen molar-refractivity contribution >= 4 is 40.7 Å². The Labute approximate surface area is 191 Å². The zero-order valence-corrected chi connectivity index (χ0v) is 19.0. The molecule has 3 aromatic rings. The Balaban J connectivity index is 1.54. The van der Waals surface area contributed by atoms with Crippen molar-refractivity contribution in [3.8, 4) is 11.3 Å². The number of halogens is 2. The Morgan fingerprint density at radius 1 is 1.06 bits per heavy atom. The zero-order chi connectivity index (χ0) is 22.6. The molecule has 0 aliphatic rings. The zero-order valence-electron chi connectivity index (χ0n) is 17.5. The first kappa shape index (κ1) is 22.8. The fraction of sp³-hybridized carbons (Fsp3) is 0.261. The molecule has 0 bridgehead atoms. The molecule has 0 aliphatic carbocycles. The first-order chi connectivity index (χ1) is 14.6. The van der Waals surface area contributed by atoms with Crippen molar-refractivity contribution in [1.29, 1.82) is 0 Å². The van der Waals surface area contributed by atoms with E-state index in [1.54, 1.807) is 48.7 Å². The molecule has 162 valence electrons. The van der Waals surface area contributed by atoms with Crippen LogP contribution in [0.25, 0.3) is 11.3 Å². The summed E-state index contributed by atoms with van der Waals surface area (Å²) in [5, 5.41) is 6.70. The van der Waals surface area contributed by atoms with Crippen molar-refractivity contribution < 1.29 is 14.0 Å². The van der Waals surface area contributed by atoms with E-state index in [1.165, 1.54) is 0 Å². The summed E-state index contributed by atoms with van der Waals surface area (Å²) in [5.74, 6) is 0.605. The van der Waals surface area contributed by atoms with E-state index in [0.717, 1.165) is 0 Å². The molecule has 2 aromatic carbocycles. The summed E-state index contributed by atoms with van der Waals surface area (Å²) in [6.07, 6.45) is 2.10. The smallest absolute Gasteiger partial charge is 0.251 e. The predicted molar refractivity (Wildman–Crippen MR) is 123 cm³/mol. The lowest BCUT2D eigenvalue weighted by atomic mass is 10.1. The Kier molecular flexibility index (Phi) is 7.03. The Morgan fingerprint density at radius 3 is 2.42 bits per heavy atom. The van der Waals surface area contributed by atoms with Gasteiger partial charge in [0, 0.05) is 40.2 Å². The molecule has 0 saturated carbocycles. The second kappa shape index (κ2) is 9.54. The third kappa shape index (κ3) is 6.57. The van der Waals surface area contributed by atoms with Crippen LogP contribution in [-0.4, -0.2) is 22.3 Å². The number of hydrogen-bond donors (Lipinski definition) is 2. The van der Waals surface area contributed by atoms with Gasteiger partial charge in [-0.2, -0.15) is 0 Å². The molecular formula is C23H23Cl2N3O3. The van der Waals surface area contributed by atoms with Gasteiger partial charge < -0.3 is 15.1 Å². The standard InChI is InChI=1S/C23H23Cl2N3O3/c1-23(2,3)28-22(30)14-4-7-16(8-5-14)27-20(29)10-11-21-26-13-19(31-21)17-9-6-15(24)12-18(17)25/h4-9,12-13H,10-11H2,1-3H3,(H,27,29)(H,28,30). The fourth-order valence-corrected chi connectivity index (χ4v) is 3.30. The van der Waals surface area contributed by atoms with E-state index in [9.17, 15) is 9.59 Å². The van der Waals surface area contributed by atoms with E-state index in [1.807, 2.05) is 20.8 Å². The lowest BCUT2D eigenvalue weighted by Crippen LogP contribution is -2.40. The molecule has 0 spiro atoms. The Bertz CT molecular complexity index is 1090. The van der Waals surface area contributed by atoms with Crippen molar-refractivity contribution in [2.24, 2.45) is 0 Å². The highest BCUT2D eigenvalue weighted by molar-refractivity contribution is 6.36. The van der Waals surface area contributed by atoms with Gasteiger partial charge in [0.1, 0.15) is 0 Å². The van der Waals surface area contributed by atoms with Gasteiger partial charge in [0.15, 0.2) is 11.7 Å². The van der Waals surface area contributed by atoms with Gasteiger partial charge in [-0.15, -0.1) is 0 Å². The van der Waals surface area contributed by atoms with Crippen molar-refractivity contribution in [3.63, 3.8) is 0 Å². The minimum atomic E-state index is -0.317. The molecular weight excluding hydrogens is 437 g/mol. The van der Waals surface area contributed by atoms with Crippen LogP contribution in [0.3, 0.4) is 0 Å². The number of oxazole rings is 1. The molecule has 6 nitrogen and oxygen atoms in total. The SMILES string of the molecule is CC(C)(C)NC(=O)c1ccc(NC(=O)CCc2ncc(-c3ccc(Cl)cc3Cl)o2)cc1. The van der Waals surface area contributed by atoms with Crippen molar-refractivity contribution in [1.82, 2.24) is 10.3 Å². The summed E-state index contributed by atoms with van der Waals surface area (Å²) < 4.78 is 5.71. The van der Waals surface area contributed by atoms with E-state index < -0.39 is 0 Å². The van der Waals surface area contributed by atoms with Gasteiger partial charge in [-0.1, -0.05) is 23.2 Å². The van der Waals surface area contributed by atoms with Crippen LogP contribution in [0.5, 0.6) is 0 Å². The van der Waals surface area contributed by atoms with Gasteiger partial charge in [0.25, 0.3) is 5.91 Å². The fourth-order valence-electron chi connectivity index (χ4n) is 2.80. The molecule has 0 saturated heterocycles. The van der Waals surface area contributed by atoms with Crippen LogP contribution < -0.4 is 10.6 Å². The molecule has 0 atom stereocenters. The van der Waals surface area contributed by atoms with E-state index in [4.69, 9.17) is 27.6 Å². The third-order valence-electron chi connectivity index (χ3n) is 4.24. The molecule has 0 aliphatic heterocycles. The van der Waals surface area contributed by atoms with E-state index in [2.05, 4.69) is 15.6 Å². The largest absolute Gasteiger partial charge is 0.441 e. The second-order valence-corrected chi connectivity index (χ2v) is 8.92. The molecule has 31 heavy (non-hydrogen) atoms. The molecule has 0 radical (unpaired) electrons. The lowest BCUT2D eigenvalue weighted by molar-refractivity contribution is -0.116. The quantitative estimate of drug-likeness (QED) is 0.491. The average molecular weight is 460 g/mol. The maximum Gasteiger partial charge on any atom is 0.251 e. The van der Waals surface area contributed by atoms with Gasteiger partial charge in [-0.3, -0.25) is 9.59 Å². The number of benzene rings is 2. The van der Waals surface area contributed by atoms with E-state index >= 15 is 0 Å². The maximum atomic E-state index is 12.3. The summed E-state index contributed by atoms with van der Waals surface area (Å²) in [7, 11) is 0. The highest BCUT2D eigenvalue weighted by Crippen LogP contribution is 2.30. The molecule has 0 unspecified atom stereocenters. The van der Waals surface area contributed by atoms with Gasteiger partial charge >= 0.3 is 0 Å². The highest BCUT2D eigenvalue weighted by atomic mass is 35.5. The van der Waals surface area contributed by atoms with Gasteiger partial charge in [0.05, 0.1) is 11.2 Å². The van der Waals surface area contributed by atoms with E-state index in [-0.39, 0.29) is 23.8 Å². The number of hydrogen-bond acceptors (Lipinski definition) is 4. The van der Waals surface area contributed by atoms with Crippen LogP contribution in [0, 0.1) is 0 Å². The van der Waals surface area contributed by atoms with Gasteiger partial charge in [-0.25, -0.2) is 4.98 Å². The van der Waals surface area contributed by atoms with Crippen molar-refractivity contribution in [2.75, 3.05) is 5.32 Å². The summed E-state index contributed by atoms with van der Waals surface area (Å²) >= 11 is 12.1. The van der Waals surface area contributed by atoms with Gasteiger partial charge in [-0.05, 0) is 63.2 Å². The van der Waals surface area contributed by atoms with Crippen LogP contribution in [-0.2, 0) is 11.2 Å². The molecule has 1 aromatic heterocycles. The normalized spacial score (nSPS) is 11.3. The van der Waals surface area contributed by atoms with E-state index in [0.29, 0.717) is 44.9 Å². The van der Waals surface area contributed by atoms with Crippen molar-refractivity contribution in [2.45, 2.75) is 39.2 Å². The monoisotopic (exact) mass is 459 g/mol. The first-order valence-electron chi connectivity index (χ1n) is 9.73. The minimum absolute atomic E-state index is 0.161. The van der Waals surface area contributed by atoms with Crippen LogP contribution >= 0.6 is 23.2 Å². The number of amides is 2. The molecule has 1 heterocycles. The Morgan fingerprint density at radius 2 is 1.77 bits per heavy atom. The first-order valence-corrected chi connectivity index (χ1v) is 10.5. The number of rotatable bonds is 6. The summed E-state index contributed by atoms with van der Waals surface area (Å²) in [6, 6.07) is 11.8. The number of carbonyl (C=O) groups is 2. The highest BCUT2D eigenvalue weighted by Gasteiger charge is 2.15. The molecule has 0 fully saturated rings. The minimum Gasteiger partial charge on any atom is -0.441 e. The maximum absolute atomic E-state index is 12.3. The predicted octanol–water partition coefficient (Wildman–Crippen LogP) is 5.75. The summed E-state index contributed by atoms with van der Waals surface area (Å²) in [6.45, 7) is 5.75. The number of nitrogens with one attached hydrogen (secondary N) is 2. The summed E-state index contributed by atoms with van der Waals surface area (Å²) in [5.41, 5.74) is 1.51. The number of anilines is 1. The number of aryl methyl sites for hydroxylation is 1. The summed E-state index contributed by atoms with van der Waals surface area (Å²) in [4.78, 5) is 28.6. The molecule has 2 amide bonds. The number of carbonyl (C=O) groups excluding carboxylic acids is 2. The van der Waals surface area contributed by atoms with Gasteiger partial charge in [0.2, 0.25) is 5.91 Å². The van der Waals surface area contributed by atoms with Crippen LogP contribution in [0.15, 0.2) is 53.1 Å². The number of nitrogens with zero attached hydrogens (tertiary/aromatic N) is 1. The topological polar surface area (TPSA) is 84.2 Å². The van der Waals surface area contributed by atoms with Crippen molar-refractivity contribution in [3.05, 3.63) is 70.2 Å². The third-order valence-corrected chi connectivity index (χ3v) is 4.78. The second-order valence-electron chi connectivity index (χ2n) is 8.07. The van der Waals surface area contributed by atoms with Crippen LogP contribution in [0.1, 0.15) is 43.4 Å². The Hall–Kier alpha value is -2.83.